The summed E-state index contributed by atoms with van der Waals surface area (Å²) >= 11 is 0. The number of aromatic amines is 1. The van der Waals surface area contributed by atoms with Gasteiger partial charge in [0, 0.05) is 11.8 Å². The van der Waals surface area contributed by atoms with Crippen molar-refractivity contribution in [3.05, 3.63) is 59.0 Å². The van der Waals surface area contributed by atoms with Gasteiger partial charge in [0.2, 0.25) is 0 Å². The van der Waals surface area contributed by atoms with Crippen LogP contribution in [0, 0.1) is 31.0 Å². The Labute approximate surface area is 156 Å². The third kappa shape index (κ3) is 4.73. The molecule has 0 unspecified atom stereocenters. The summed E-state index contributed by atoms with van der Waals surface area (Å²) in [5, 5.41) is 22.6. The van der Waals surface area contributed by atoms with Crippen LogP contribution in [0.25, 0.3) is 0 Å². The van der Waals surface area contributed by atoms with Gasteiger partial charge in [0.1, 0.15) is 35.9 Å². The zero-order chi connectivity index (χ0) is 19.2. The number of nitriles is 1. The minimum atomic E-state index is -0.310. The van der Waals surface area contributed by atoms with Crippen LogP contribution in [-0.4, -0.2) is 28.3 Å². The van der Waals surface area contributed by atoms with Gasteiger partial charge in [-0.3, -0.25) is 5.10 Å². The van der Waals surface area contributed by atoms with Crippen molar-refractivity contribution in [2.45, 2.75) is 13.8 Å². The molecule has 2 aromatic heterocycles. The molecule has 3 rings (SSSR count). The fourth-order valence-electron chi connectivity index (χ4n) is 2.49. The van der Waals surface area contributed by atoms with Gasteiger partial charge in [-0.25, -0.2) is 9.37 Å². The Bertz CT molecular complexity index is 961. The predicted octanol–water partition coefficient (Wildman–Crippen LogP) is 3.67. The molecular formula is C19H19FN6O. The standard InChI is InChI=1S/C19H19FN6O/c1-12-9-17(23-18-10-13(2)25-26-18)24-19(16(12)11-21)22-7-8-27-15-5-3-14(20)4-6-15/h3-6,9-10H,7-8H2,1-2H3,(H3,22,23,24,25,26). The van der Waals surface area contributed by atoms with E-state index in [1.165, 1.54) is 12.1 Å². The van der Waals surface area contributed by atoms with Gasteiger partial charge in [0.05, 0.1) is 12.1 Å². The summed E-state index contributed by atoms with van der Waals surface area (Å²) in [6.45, 7) is 4.53. The second kappa shape index (κ2) is 8.19. The molecule has 2 heterocycles. The fourth-order valence-corrected chi connectivity index (χ4v) is 2.49. The smallest absolute Gasteiger partial charge is 0.153 e. The quantitative estimate of drug-likeness (QED) is 0.552. The Morgan fingerprint density at radius 2 is 1.96 bits per heavy atom. The van der Waals surface area contributed by atoms with E-state index in [2.05, 4.69) is 31.9 Å². The number of anilines is 3. The van der Waals surface area contributed by atoms with Crippen LogP contribution < -0.4 is 15.4 Å². The average molecular weight is 366 g/mol. The lowest BCUT2D eigenvalue weighted by atomic mass is 10.1. The lowest BCUT2D eigenvalue weighted by Crippen LogP contribution is -2.14. The highest BCUT2D eigenvalue weighted by Crippen LogP contribution is 2.22. The maximum Gasteiger partial charge on any atom is 0.153 e. The van der Waals surface area contributed by atoms with Crippen LogP contribution in [-0.2, 0) is 0 Å². The van der Waals surface area contributed by atoms with E-state index in [1.807, 2.05) is 19.9 Å². The highest BCUT2D eigenvalue weighted by Gasteiger charge is 2.11. The molecule has 0 amide bonds. The first-order valence-electron chi connectivity index (χ1n) is 8.38. The molecule has 0 aliphatic rings. The lowest BCUT2D eigenvalue weighted by molar-refractivity contribution is 0.332. The molecule has 0 saturated carbocycles. The molecule has 0 aliphatic heterocycles. The van der Waals surface area contributed by atoms with Crippen molar-refractivity contribution >= 4 is 17.5 Å². The number of benzene rings is 1. The monoisotopic (exact) mass is 366 g/mol. The van der Waals surface area contributed by atoms with Gasteiger partial charge in [0.25, 0.3) is 0 Å². The van der Waals surface area contributed by atoms with Crippen LogP contribution in [0.15, 0.2) is 36.4 Å². The van der Waals surface area contributed by atoms with Gasteiger partial charge in [-0.05, 0) is 49.7 Å². The first kappa shape index (κ1) is 18.2. The maximum atomic E-state index is 12.9. The summed E-state index contributed by atoms with van der Waals surface area (Å²) in [7, 11) is 0. The van der Waals surface area contributed by atoms with Crippen LogP contribution in [0.3, 0.4) is 0 Å². The molecule has 0 atom stereocenters. The number of nitrogens with zero attached hydrogens (tertiary/aromatic N) is 3. The molecule has 0 bridgehead atoms. The van der Waals surface area contributed by atoms with Gasteiger partial charge in [-0.2, -0.15) is 10.4 Å². The number of hydrogen-bond acceptors (Lipinski definition) is 6. The molecule has 3 aromatic rings. The van der Waals surface area contributed by atoms with Crippen LogP contribution >= 0.6 is 0 Å². The Kier molecular flexibility index (Phi) is 5.52. The third-order valence-electron chi connectivity index (χ3n) is 3.77. The van der Waals surface area contributed by atoms with E-state index in [0.717, 1.165) is 11.3 Å². The average Bonchev–Trinajstić information content (AvgIpc) is 3.05. The van der Waals surface area contributed by atoms with Crippen molar-refractivity contribution < 1.29 is 9.13 Å². The first-order valence-corrected chi connectivity index (χ1v) is 8.38. The van der Waals surface area contributed by atoms with Crippen molar-refractivity contribution in [2.24, 2.45) is 0 Å². The molecule has 0 spiro atoms. The van der Waals surface area contributed by atoms with Crippen molar-refractivity contribution in [1.29, 1.82) is 5.26 Å². The van der Waals surface area contributed by atoms with E-state index in [1.54, 1.807) is 18.2 Å². The number of aryl methyl sites for hydroxylation is 2. The summed E-state index contributed by atoms with van der Waals surface area (Å²) in [5.74, 6) is 1.96. The van der Waals surface area contributed by atoms with Crippen LogP contribution in [0.5, 0.6) is 5.75 Å². The van der Waals surface area contributed by atoms with Gasteiger partial charge < -0.3 is 15.4 Å². The highest BCUT2D eigenvalue weighted by atomic mass is 19.1. The molecule has 27 heavy (non-hydrogen) atoms. The Hall–Kier alpha value is -3.60. The molecule has 1 aromatic carbocycles. The van der Waals surface area contributed by atoms with Gasteiger partial charge in [-0.15, -0.1) is 0 Å². The molecule has 8 heteroatoms. The maximum absolute atomic E-state index is 12.9. The molecule has 0 fully saturated rings. The molecular weight excluding hydrogens is 347 g/mol. The van der Waals surface area contributed by atoms with Crippen molar-refractivity contribution in [2.75, 3.05) is 23.8 Å². The SMILES string of the molecule is Cc1cc(Nc2cc(C)c(C#N)c(NCCOc3ccc(F)cc3)n2)n[nH]1. The van der Waals surface area contributed by atoms with E-state index in [4.69, 9.17) is 4.74 Å². The van der Waals surface area contributed by atoms with Crippen molar-refractivity contribution in [3.63, 3.8) is 0 Å². The van der Waals surface area contributed by atoms with Crippen LogP contribution in [0.1, 0.15) is 16.8 Å². The zero-order valence-electron chi connectivity index (χ0n) is 15.0. The molecule has 0 radical (unpaired) electrons. The third-order valence-corrected chi connectivity index (χ3v) is 3.77. The Balaban J connectivity index is 1.65. The van der Waals surface area contributed by atoms with Gasteiger partial charge in [-0.1, -0.05) is 0 Å². The van der Waals surface area contributed by atoms with E-state index in [-0.39, 0.29) is 5.82 Å². The van der Waals surface area contributed by atoms with Crippen molar-refractivity contribution in [1.82, 2.24) is 15.2 Å². The van der Waals surface area contributed by atoms with E-state index < -0.39 is 0 Å². The van der Waals surface area contributed by atoms with E-state index in [0.29, 0.717) is 41.9 Å². The summed E-state index contributed by atoms with van der Waals surface area (Å²) in [4.78, 5) is 4.46. The fraction of sp³-hybridized carbons (Fsp3) is 0.211. The number of pyridine rings is 1. The number of aromatic nitrogens is 3. The van der Waals surface area contributed by atoms with Crippen LogP contribution in [0.4, 0.5) is 21.8 Å². The topological polar surface area (TPSA) is 98.7 Å². The number of nitrogens with one attached hydrogen (secondary N) is 3. The number of halogens is 1. The van der Waals surface area contributed by atoms with Crippen LogP contribution in [0.2, 0.25) is 0 Å². The summed E-state index contributed by atoms with van der Waals surface area (Å²) in [6.07, 6.45) is 0. The summed E-state index contributed by atoms with van der Waals surface area (Å²) in [6, 6.07) is 11.6. The molecule has 3 N–H and O–H groups in total. The normalized spacial score (nSPS) is 10.3. The van der Waals surface area contributed by atoms with E-state index in [9.17, 15) is 9.65 Å². The zero-order valence-corrected chi connectivity index (χ0v) is 15.0. The van der Waals surface area contributed by atoms with E-state index >= 15 is 0 Å². The number of ether oxygens (including phenoxy) is 1. The first-order chi connectivity index (χ1) is 13.0. The second-order valence-corrected chi connectivity index (χ2v) is 5.95. The minimum absolute atomic E-state index is 0.310. The van der Waals surface area contributed by atoms with Gasteiger partial charge in [0.15, 0.2) is 5.82 Å². The molecule has 0 aliphatic carbocycles. The van der Waals surface area contributed by atoms with Crippen molar-refractivity contribution in [3.8, 4) is 11.8 Å². The highest BCUT2D eigenvalue weighted by molar-refractivity contribution is 5.63. The second-order valence-electron chi connectivity index (χ2n) is 5.95. The Morgan fingerprint density at radius 1 is 1.19 bits per heavy atom. The summed E-state index contributed by atoms with van der Waals surface area (Å²) < 4.78 is 18.4. The Morgan fingerprint density at radius 3 is 2.63 bits per heavy atom. The predicted molar refractivity (Wildman–Crippen MR) is 101 cm³/mol. The number of rotatable bonds is 7. The molecule has 138 valence electrons. The lowest BCUT2D eigenvalue weighted by Gasteiger charge is -2.12. The number of H-pyrrole nitrogens is 1. The minimum Gasteiger partial charge on any atom is -0.492 e. The largest absolute Gasteiger partial charge is 0.492 e. The molecule has 7 nitrogen and oxygen atoms in total. The molecule has 0 saturated heterocycles. The summed E-state index contributed by atoms with van der Waals surface area (Å²) in [5.41, 5.74) is 2.20. The van der Waals surface area contributed by atoms with Gasteiger partial charge >= 0.3 is 0 Å². The number of hydrogen-bond donors (Lipinski definition) is 3.